The Morgan fingerprint density at radius 2 is 1.90 bits per heavy atom. The summed E-state index contributed by atoms with van der Waals surface area (Å²) in [4.78, 5) is 21.3. The number of aryl methyl sites for hydroxylation is 2. The van der Waals surface area contributed by atoms with Crippen LogP contribution >= 0.6 is 11.6 Å². The summed E-state index contributed by atoms with van der Waals surface area (Å²) in [7, 11) is 1.77. The van der Waals surface area contributed by atoms with Gasteiger partial charge in [-0.3, -0.25) is 14.5 Å². The van der Waals surface area contributed by atoms with Gasteiger partial charge in [-0.1, -0.05) is 11.6 Å². The van der Waals surface area contributed by atoms with Crippen LogP contribution in [0.2, 0.25) is 5.02 Å². The number of rotatable bonds is 6. The van der Waals surface area contributed by atoms with Crippen LogP contribution in [0.1, 0.15) is 22.5 Å². The highest BCUT2D eigenvalue weighted by atomic mass is 35.5. The molecular weight excluding hydrogens is 538 g/mol. The number of nitrogens with zero attached hydrogens (tertiary/aromatic N) is 5. The third-order valence-corrected chi connectivity index (χ3v) is 6.53. The smallest absolute Gasteiger partial charge is 0.421 e. The quantitative estimate of drug-likeness (QED) is 0.242. The fraction of sp³-hybridized carbons (Fsp3) is 0.185. The SMILES string of the molecule is Cc1cc(-c2ccnn2C)c2cc(F)cc(OCc3c(Cl)ccnc3Cn3cccc(C(F)(F)F)c3=O)c2n1. The van der Waals surface area contributed by atoms with E-state index in [4.69, 9.17) is 16.3 Å². The molecule has 0 fully saturated rings. The average molecular weight is 558 g/mol. The zero-order valence-electron chi connectivity index (χ0n) is 20.6. The number of hydrogen-bond acceptors (Lipinski definition) is 5. The predicted octanol–water partition coefficient (Wildman–Crippen LogP) is 5.94. The lowest BCUT2D eigenvalue weighted by Crippen LogP contribution is -2.28. The maximum absolute atomic E-state index is 14.8. The van der Waals surface area contributed by atoms with Crippen molar-refractivity contribution in [3.8, 4) is 17.0 Å². The van der Waals surface area contributed by atoms with Gasteiger partial charge in [0.05, 0.1) is 23.0 Å². The van der Waals surface area contributed by atoms with Crippen LogP contribution in [0.5, 0.6) is 5.75 Å². The van der Waals surface area contributed by atoms with E-state index in [9.17, 15) is 22.4 Å². The molecule has 0 aliphatic rings. The lowest BCUT2D eigenvalue weighted by Gasteiger charge is -2.16. The van der Waals surface area contributed by atoms with Gasteiger partial charge in [-0.15, -0.1) is 0 Å². The first kappa shape index (κ1) is 26.4. The van der Waals surface area contributed by atoms with Crippen LogP contribution in [0.4, 0.5) is 17.6 Å². The Balaban J connectivity index is 1.53. The highest BCUT2D eigenvalue weighted by Gasteiger charge is 2.34. The standard InChI is InChI=1S/C27H20ClF4N5O2/c1-15-10-17(23-6-8-34-36(23)2)18-11-16(29)12-24(25(18)35-15)39-14-19-21(28)5-7-33-22(19)13-37-9-3-4-20(26(37)38)27(30,31)32/h3-12H,13-14H2,1-2H3. The van der Waals surface area contributed by atoms with Crippen LogP contribution in [-0.4, -0.2) is 24.3 Å². The molecule has 1 aromatic carbocycles. The molecule has 39 heavy (non-hydrogen) atoms. The molecule has 12 heteroatoms. The molecule has 5 rings (SSSR count). The van der Waals surface area contributed by atoms with Crippen LogP contribution < -0.4 is 10.3 Å². The van der Waals surface area contributed by atoms with Crippen LogP contribution in [0.3, 0.4) is 0 Å². The maximum atomic E-state index is 14.8. The molecule has 0 aliphatic heterocycles. The maximum Gasteiger partial charge on any atom is 0.421 e. The van der Waals surface area contributed by atoms with Gasteiger partial charge >= 0.3 is 6.18 Å². The Labute approximate surface area is 224 Å². The monoisotopic (exact) mass is 557 g/mol. The van der Waals surface area contributed by atoms with Crippen molar-refractivity contribution in [3.63, 3.8) is 0 Å². The number of pyridine rings is 3. The molecular formula is C27H20ClF4N5O2. The number of benzene rings is 1. The molecule has 0 aliphatic carbocycles. The number of ether oxygens (including phenoxy) is 1. The van der Waals surface area contributed by atoms with Gasteiger partial charge in [0.15, 0.2) is 0 Å². The van der Waals surface area contributed by atoms with Crippen molar-refractivity contribution in [2.45, 2.75) is 26.3 Å². The molecule has 0 saturated heterocycles. The molecule has 0 bridgehead atoms. The molecule has 200 valence electrons. The number of fused-ring (bicyclic) bond motifs is 1. The van der Waals surface area contributed by atoms with Gasteiger partial charge in [0.2, 0.25) is 0 Å². The third-order valence-electron chi connectivity index (χ3n) is 6.17. The summed E-state index contributed by atoms with van der Waals surface area (Å²) < 4.78 is 63.0. The molecule has 0 atom stereocenters. The van der Waals surface area contributed by atoms with Crippen LogP contribution in [0.15, 0.2) is 65.8 Å². The second-order valence-electron chi connectivity index (χ2n) is 8.81. The van der Waals surface area contributed by atoms with Gasteiger partial charge in [0.25, 0.3) is 5.56 Å². The molecule has 4 aromatic heterocycles. The molecule has 0 radical (unpaired) electrons. The molecule has 5 aromatic rings. The summed E-state index contributed by atoms with van der Waals surface area (Å²) in [6.45, 7) is 1.31. The first-order chi connectivity index (χ1) is 18.5. The van der Waals surface area contributed by atoms with E-state index in [0.717, 1.165) is 22.4 Å². The minimum Gasteiger partial charge on any atom is -0.486 e. The number of aromatic nitrogens is 5. The van der Waals surface area contributed by atoms with Crippen LogP contribution in [0, 0.1) is 12.7 Å². The Morgan fingerprint density at radius 3 is 2.62 bits per heavy atom. The van der Waals surface area contributed by atoms with Crippen molar-refractivity contribution >= 4 is 22.5 Å². The summed E-state index contributed by atoms with van der Waals surface area (Å²) in [5.74, 6) is -0.418. The third kappa shape index (κ3) is 5.22. The number of alkyl halides is 3. The minimum absolute atomic E-state index is 0.138. The van der Waals surface area contributed by atoms with Gasteiger partial charge < -0.3 is 9.30 Å². The molecule has 0 amide bonds. The van der Waals surface area contributed by atoms with Crippen molar-refractivity contribution in [2.24, 2.45) is 7.05 Å². The summed E-state index contributed by atoms with van der Waals surface area (Å²) in [6.07, 6.45) is -0.555. The van der Waals surface area contributed by atoms with E-state index in [1.807, 2.05) is 6.07 Å². The molecule has 7 nitrogen and oxygen atoms in total. The van der Waals surface area contributed by atoms with E-state index < -0.39 is 23.1 Å². The molecule has 0 N–H and O–H groups in total. The fourth-order valence-corrected chi connectivity index (χ4v) is 4.56. The Morgan fingerprint density at radius 1 is 1.10 bits per heavy atom. The summed E-state index contributed by atoms with van der Waals surface area (Å²) in [5.41, 5.74) is 0.600. The van der Waals surface area contributed by atoms with Gasteiger partial charge in [0.1, 0.15) is 29.3 Å². The lowest BCUT2D eigenvalue weighted by molar-refractivity contribution is -0.138. The summed E-state index contributed by atoms with van der Waals surface area (Å²) >= 11 is 6.40. The van der Waals surface area contributed by atoms with Crippen molar-refractivity contribution < 1.29 is 22.3 Å². The van der Waals surface area contributed by atoms with E-state index in [1.165, 1.54) is 30.6 Å². The largest absolute Gasteiger partial charge is 0.486 e. The molecule has 0 saturated carbocycles. The predicted molar refractivity (Wildman–Crippen MR) is 137 cm³/mol. The van der Waals surface area contributed by atoms with E-state index in [1.54, 1.807) is 30.9 Å². The zero-order valence-corrected chi connectivity index (χ0v) is 21.4. The molecule has 0 unspecified atom stereocenters. The molecule has 4 heterocycles. The minimum atomic E-state index is -4.80. The second-order valence-corrected chi connectivity index (χ2v) is 9.22. The normalized spacial score (nSPS) is 11.8. The highest BCUT2D eigenvalue weighted by molar-refractivity contribution is 6.31. The zero-order chi connectivity index (χ0) is 27.9. The van der Waals surface area contributed by atoms with Crippen LogP contribution in [0.25, 0.3) is 22.2 Å². The highest BCUT2D eigenvalue weighted by Crippen LogP contribution is 2.35. The lowest BCUT2D eigenvalue weighted by atomic mass is 10.0. The summed E-state index contributed by atoms with van der Waals surface area (Å²) in [6, 6.07) is 9.53. The summed E-state index contributed by atoms with van der Waals surface area (Å²) in [5, 5.41) is 4.92. The number of hydrogen-bond donors (Lipinski definition) is 0. The van der Waals surface area contributed by atoms with E-state index in [-0.39, 0.29) is 29.6 Å². The first-order valence-corrected chi connectivity index (χ1v) is 12.0. The second kappa shape index (κ2) is 10.1. The fourth-order valence-electron chi connectivity index (χ4n) is 4.34. The van der Waals surface area contributed by atoms with E-state index in [2.05, 4.69) is 15.1 Å². The van der Waals surface area contributed by atoms with Crippen molar-refractivity contribution in [1.29, 1.82) is 0 Å². The van der Waals surface area contributed by atoms with Crippen molar-refractivity contribution in [2.75, 3.05) is 0 Å². The van der Waals surface area contributed by atoms with Gasteiger partial charge in [-0.25, -0.2) is 9.37 Å². The molecule has 0 spiro atoms. The van der Waals surface area contributed by atoms with E-state index in [0.29, 0.717) is 27.7 Å². The Hall–Kier alpha value is -4.25. The Bertz CT molecular complexity index is 1760. The Kier molecular flexibility index (Phi) is 6.85. The van der Waals surface area contributed by atoms with Gasteiger partial charge in [-0.05, 0) is 43.3 Å². The van der Waals surface area contributed by atoms with Gasteiger partial charge in [0, 0.05) is 53.9 Å². The first-order valence-electron chi connectivity index (χ1n) is 11.6. The topological polar surface area (TPSA) is 74.8 Å². The van der Waals surface area contributed by atoms with Crippen molar-refractivity contribution in [1.82, 2.24) is 24.3 Å². The van der Waals surface area contributed by atoms with Crippen molar-refractivity contribution in [3.05, 3.63) is 105 Å². The average Bonchev–Trinajstić information content (AvgIpc) is 3.29. The van der Waals surface area contributed by atoms with E-state index >= 15 is 0 Å². The van der Waals surface area contributed by atoms with Crippen LogP contribution in [-0.2, 0) is 26.4 Å². The van der Waals surface area contributed by atoms with Gasteiger partial charge in [-0.2, -0.15) is 18.3 Å². The number of halogens is 5.